The number of aliphatic carboxylic acids is 2. The standard InChI is InChI=1S/C4H11NO3.C2H2O4/c5-4(1-6,2-7)3-8;3-1(4)2(5)6/h6-8H,1-3,5H2;(H,3,4)(H,5,6). The third kappa shape index (κ3) is 7.43. The summed E-state index contributed by atoms with van der Waals surface area (Å²) < 4.78 is 0. The Bertz CT molecular complexity index is 168. The van der Waals surface area contributed by atoms with Gasteiger partial charge in [0.25, 0.3) is 0 Å². The van der Waals surface area contributed by atoms with Crippen LogP contribution in [0, 0.1) is 0 Å². The topological polar surface area (TPSA) is 161 Å². The van der Waals surface area contributed by atoms with Crippen molar-refractivity contribution in [3.63, 3.8) is 0 Å². The molecule has 0 rings (SSSR count). The number of carboxylic acids is 2. The van der Waals surface area contributed by atoms with Gasteiger partial charge in [0, 0.05) is 0 Å². The second kappa shape index (κ2) is 7.21. The minimum absolute atomic E-state index is 0.403. The highest BCUT2D eigenvalue weighted by Gasteiger charge is 2.20. The van der Waals surface area contributed by atoms with Crippen LogP contribution >= 0.6 is 0 Å². The zero-order valence-electron chi connectivity index (χ0n) is 7.25. The van der Waals surface area contributed by atoms with Gasteiger partial charge in [-0.15, -0.1) is 0 Å². The molecule has 0 bridgehead atoms. The van der Waals surface area contributed by atoms with Crippen LogP contribution in [0.4, 0.5) is 0 Å². The first-order valence-corrected chi connectivity index (χ1v) is 3.40. The Morgan fingerprint density at radius 2 is 1.14 bits per heavy atom. The molecule has 0 radical (unpaired) electrons. The molecule has 0 saturated carbocycles. The van der Waals surface area contributed by atoms with Crippen LogP contribution in [-0.2, 0) is 9.59 Å². The molecule has 0 saturated heterocycles. The van der Waals surface area contributed by atoms with E-state index in [4.69, 9.17) is 40.9 Å². The third-order valence-corrected chi connectivity index (χ3v) is 1.13. The predicted octanol–water partition coefficient (Wildman–Crippen LogP) is -3.18. The van der Waals surface area contributed by atoms with Gasteiger partial charge in [0.15, 0.2) is 0 Å². The summed E-state index contributed by atoms with van der Waals surface area (Å²) in [5.74, 6) is -3.65. The van der Waals surface area contributed by atoms with Gasteiger partial charge in [-0.05, 0) is 0 Å². The van der Waals surface area contributed by atoms with E-state index in [1.807, 2.05) is 0 Å². The minimum Gasteiger partial charge on any atom is -0.473 e. The van der Waals surface area contributed by atoms with E-state index >= 15 is 0 Å². The van der Waals surface area contributed by atoms with Gasteiger partial charge in [0.1, 0.15) is 0 Å². The predicted molar refractivity (Wildman–Crippen MR) is 43.4 cm³/mol. The van der Waals surface area contributed by atoms with Crippen LogP contribution in [0.15, 0.2) is 0 Å². The molecule has 0 aromatic carbocycles. The molecule has 84 valence electrons. The molecule has 7 N–H and O–H groups in total. The Balaban J connectivity index is 0. The van der Waals surface area contributed by atoms with Crippen LogP contribution < -0.4 is 5.73 Å². The van der Waals surface area contributed by atoms with Gasteiger partial charge in [-0.2, -0.15) is 0 Å². The molecule has 8 heteroatoms. The number of aliphatic hydroxyl groups is 3. The zero-order valence-corrected chi connectivity index (χ0v) is 7.25. The van der Waals surface area contributed by atoms with E-state index < -0.39 is 37.3 Å². The number of aliphatic hydroxyl groups excluding tert-OH is 3. The molecular weight excluding hydrogens is 198 g/mol. The molecule has 14 heavy (non-hydrogen) atoms. The van der Waals surface area contributed by atoms with E-state index in [9.17, 15) is 0 Å². The molecule has 0 aliphatic heterocycles. The first-order valence-electron chi connectivity index (χ1n) is 3.40. The first-order chi connectivity index (χ1) is 6.32. The lowest BCUT2D eigenvalue weighted by molar-refractivity contribution is -0.159. The summed E-state index contributed by atoms with van der Waals surface area (Å²) in [4.78, 5) is 18.2. The van der Waals surface area contributed by atoms with Crippen molar-refractivity contribution in [2.45, 2.75) is 5.54 Å². The zero-order chi connectivity index (χ0) is 11.8. The molecule has 0 aliphatic rings. The van der Waals surface area contributed by atoms with Crippen LogP contribution in [0.1, 0.15) is 0 Å². The quantitative estimate of drug-likeness (QED) is 0.266. The Hall–Kier alpha value is -1.22. The molecule has 0 amide bonds. The molecule has 0 atom stereocenters. The van der Waals surface area contributed by atoms with Crippen LogP contribution in [0.25, 0.3) is 0 Å². The molecule has 0 aromatic heterocycles. The number of carbonyl (C=O) groups is 2. The highest BCUT2D eigenvalue weighted by Crippen LogP contribution is 1.93. The number of hydrogen-bond donors (Lipinski definition) is 6. The lowest BCUT2D eigenvalue weighted by Crippen LogP contribution is -2.50. The van der Waals surface area contributed by atoms with Crippen LogP contribution in [0.5, 0.6) is 0 Å². The highest BCUT2D eigenvalue weighted by molar-refractivity contribution is 6.27. The maximum absolute atomic E-state index is 9.10. The van der Waals surface area contributed by atoms with Crippen molar-refractivity contribution in [2.75, 3.05) is 19.8 Å². The largest absolute Gasteiger partial charge is 0.473 e. The van der Waals surface area contributed by atoms with E-state index in [1.54, 1.807) is 0 Å². The van der Waals surface area contributed by atoms with Crippen molar-refractivity contribution in [2.24, 2.45) is 5.73 Å². The normalized spacial score (nSPS) is 10.0. The van der Waals surface area contributed by atoms with E-state index in [0.29, 0.717) is 0 Å². The highest BCUT2D eigenvalue weighted by atomic mass is 16.4. The van der Waals surface area contributed by atoms with Crippen LogP contribution in [0.2, 0.25) is 0 Å². The molecule has 0 aliphatic carbocycles. The van der Waals surface area contributed by atoms with Gasteiger partial charge in [-0.1, -0.05) is 0 Å². The van der Waals surface area contributed by atoms with Gasteiger partial charge >= 0.3 is 11.9 Å². The maximum Gasteiger partial charge on any atom is 0.414 e. The average Bonchev–Trinajstić information content (AvgIpc) is 2.17. The van der Waals surface area contributed by atoms with Crippen LogP contribution in [-0.4, -0.2) is 62.8 Å². The van der Waals surface area contributed by atoms with Crippen LogP contribution in [0.3, 0.4) is 0 Å². The summed E-state index contributed by atoms with van der Waals surface area (Å²) in [6, 6.07) is 0. The fourth-order valence-electron chi connectivity index (χ4n) is 0.150. The molecule has 0 unspecified atom stereocenters. The fourth-order valence-corrected chi connectivity index (χ4v) is 0.150. The fraction of sp³-hybridized carbons (Fsp3) is 0.667. The van der Waals surface area contributed by atoms with E-state index in [2.05, 4.69) is 0 Å². The molecule has 0 heterocycles. The second-order valence-electron chi connectivity index (χ2n) is 2.45. The molecule has 0 fully saturated rings. The van der Waals surface area contributed by atoms with Crippen molar-refractivity contribution in [1.29, 1.82) is 0 Å². The molecular formula is C6H13NO7. The van der Waals surface area contributed by atoms with Crippen molar-refractivity contribution in [1.82, 2.24) is 0 Å². The monoisotopic (exact) mass is 211 g/mol. The van der Waals surface area contributed by atoms with Gasteiger partial charge < -0.3 is 31.3 Å². The summed E-state index contributed by atoms with van der Waals surface area (Å²) >= 11 is 0. The summed E-state index contributed by atoms with van der Waals surface area (Å²) in [7, 11) is 0. The van der Waals surface area contributed by atoms with E-state index in [1.165, 1.54) is 0 Å². The second-order valence-corrected chi connectivity index (χ2v) is 2.45. The molecule has 0 aromatic rings. The summed E-state index contributed by atoms with van der Waals surface area (Å²) in [5.41, 5.74) is 3.94. The summed E-state index contributed by atoms with van der Waals surface area (Å²) in [5, 5.41) is 39.8. The lowest BCUT2D eigenvalue weighted by Gasteiger charge is -2.20. The molecule has 8 nitrogen and oxygen atoms in total. The SMILES string of the molecule is NC(CO)(CO)CO.O=C(O)C(=O)O. The number of rotatable bonds is 3. The average molecular weight is 211 g/mol. The van der Waals surface area contributed by atoms with Gasteiger partial charge in [-0.25, -0.2) is 9.59 Å². The third-order valence-electron chi connectivity index (χ3n) is 1.13. The van der Waals surface area contributed by atoms with Crippen molar-refractivity contribution >= 4 is 11.9 Å². The number of nitrogens with two attached hydrogens (primary N) is 1. The lowest BCUT2D eigenvalue weighted by atomic mass is 10.1. The van der Waals surface area contributed by atoms with Crippen molar-refractivity contribution in [3.8, 4) is 0 Å². The van der Waals surface area contributed by atoms with E-state index in [0.717, 1.165) is 0 Å². The first kappa shape index (κ1) is 15.3. The minimum atomic E-state index is -1.82. The number of hydrogen-bond acceptors (Lipinski definition) is 6. The van der Waals surface area contributed by atoms with Crippen molar-refractivity contribution < 1.29 is 35.1 Å². The Kier molecular flexibility index (Phi) is 7.86. The summed E-state index contributed by atoms with van der Waals surface area (Å²) in [6.45, 7) is -1.21. The van der Waals surface area contributed by atoms with Gasteiger partial charge in [0.2, 0.25) is 0 Å². The van der Waals surface area contributed by atoms with Crippen molar-refractivity contribution in [3.05, 3.63) is 0 Å². The Morgan fingerprint density at radius 3 is 1.14 bits per heavy atom. The molecule has 0 spiro atoms. The Labute approximate surface area is 79.2 Å². The maximum atomic E-state index is 9.10. The smallest absolute Gasteiger partial charge is 0.414 e. The van der Waals surface area contributed by atoms with Gasteiger partial charge in [-0.3, -0.25) is 0 Å². The summed E-state index contributed by atoms with van der Waals surface area (Å²) in [6.07, 6.45) is 0. The van der Waals surface area contributed by atoms with Gasteiger partial charge in [0.05, 0.1) is 25.4 Å². The Morgan fingerprint density at radius 1 is 0.929 bits per heavy atom. The van der Waals surface area contributed by atoms with E-state index in [-0.39, 0.29) is 0 Å². The number of carboxylic acid groups (broad SMARTS) is 2.